The molecule has 0 aliphatic carbocycles. The molecule has 0 fully saturated rings. The number of hydrogen-bond acceptors (Lipinski definition) is 2. The van der Waals surface area contributed by atoms with Gasteiger partial charge >= 0.3 is 0 Å². The molecule has 0 amide bonds. The highest BCUT2D eigenvalue weighted by molar-refractivity contribution is 8.14. The summed E-state index contributed by atoms with van der Waals surface area (Å²) in [7, 11) is 1.41. The molecule has 0 N–H and O–H groups in total. The standard InChI is InChI=1S/C15H11ClFNO2S/c16-21(19,20)14-10-18(9-11-5-2-1-3-6-11)13-8-4-7-12(17)15(13)14/h1-8,10H,9H2. The molecular weight excluding hydrogens is 313 g/mol. The monoisotopic (exact) mass is 323 g/mol. The van der Waals surface area contributed by atoms with Crippen LogP contribution >= 0.6 is 10.7 Å². The fourth-order valence-electron chi connectivity index (χ4n) is 2.37. The van der Waals surface area contributed by atoms with Crippen molar-refractivity contribution >= 4 is 30.6 Å². The van der Waals surface area contributed by atoms with Gasteiger partial charge < -0.3 is 4.57 Å². The zero-order chi connectivity index (χ0) is 15.0. The number of halogens is 2. The van der Waals surface area contributed by atoms with E-state index in [2.05, 4.69) is 0 Å². The van der Waals surface area contributed by atoms with Crippen molar-refractivity contribution in [2.75, 3.05) is 0 Å². The fourth-order valence-corrected chi connectivity index (χ4v) is 3.42. The van der Waals surface area contributed by atoms with Crippen molar-refractivity contribution in [3.63, 3.8) is 0 Å². The third-order valence-corrected chi connectivity index (χ3v) is 4.61. The van der Waals surface area contributed by atoms with Crippen molar-refractivity contribution in [3.8, 4) is 0 Å². The minimum Gasteiger partial charge on any atom is -0.342 e. The van der Waals surface area contributed by atoms with Crippen LogP contribution in [-0.2, 0) is 15.6 Å². The first-order valence-electron chi connectivity index (χ1n) is 6.23. The highest BCUT2D eigenvalue weighted by Gasteiger charge is 2.21. The van der Waals surface area contributed by atoms with Gasteiger partial charge in [0.1, 0.15) is 10.7 Å². The number of aromatic nitrogens is 1. The Kier molecular flexibility index (Phi) is 3.47. The molecule has 0 saturated heterocycles. The van der Waals surface area contributed by atoms with E-state index in [1.54, 1.807) is 16.7 Å². The molecule has 2 aromatic carbocycles. The predicted octanol–water partition coefficient (Wildman–Crippen LogP) is 3.76. The van der Waals surface area contributed by atoms with Crippen molar-refractivity contribution < 1.29 is 12.8 Å². The van der Waals surface area contributed by atoms with Crippen LogP contribution in [0.1, 0.15) is 5.56 Å². The quantitative estimate of drug-likeness (QED) is 0.688. The van der Waals surface area contributed by atoms with Crippen molar-refractivity contribution in [2.45, 2.75) is 11.4 Å². The zero-order valence-corrected chi connectivity index (χ0v) is 12.4. The zero-order valence-electron chi connectivity index (χ0n) is 10.8. The minimum atomic E-state index is -4.01. The minimum absolute atomic E-state index is 0.0310. The van der Waals surface area contributed by atoms with Gasteiger partial charge in [0.05, 0.1) is 10.9 Å². The van der Waals surface area contributed by atoms with E-state index in [-0.39, 0.29) is 10.3 Å². The number of benzene rings is 2. The maximum absolute atomic E-state index is 14.0. The number of nitrogens with zero attached hydrogens (tertiary/aromatic N) is 1. The van der Waals surface area contributed by atoms with E-state index in [0.717, 1.165) is 5.56 Å². The van der Waals surface area contributed by atoms with Gasteiger partial charge in [-0.2, -0.15) is 0 Å². The first-order chi connectivity index (χ1) is 9.97. The van der Waals surface area contributed by atoms with E-state index < -0.39 is 14.9 Å². The summed E-state index contributed by atoms with van der Waals surface area (Å²) in [6.45, 7) is 0.438. The van der Waals surface area contributed by atoms with Crippen molar-refractivity contribution in [1.29, 1.82) is 0 Å². The van der Waals surface area contributed by atoms with Crippen LogP contribution in [0.4, 0.5) is 4.39 Å². The van der Waals surface area contributed by atoms with Crippen molar-refractivity contribution in [3.05, 3.63) is 66.1 Å². The van der Waals surface area contributed by atoms with Gasteiger partial charge in [-0.25, -0.2) is 12.8 Å². The first kappa shape index (κ1) is 14.1. The van der Waals surface area contributed by atoms with E-state index in [9.17, 15) is 12.8 Å². The topological polar surface area (TPSA) is 39.1 Å². The Labute approximate surface area is 126 Å². The van der Waals surface area contributed by atoms with Crippen molar-refractivity contribution in [1.82, 2.24) is 4.57 Å². The fraction of sp³-hybridized carbons (Fsp3) is 0.0667. The molecule has 0 saturated carbocycles. The van der Waals surface area contributed by atoms with Gasteiger partial charge in [0.2, 0.25) is 0 Å². The van der Waals surface area contributed by atoms with Gasteiger partial charge in [0.25, 0.3) is 9.05 Å². The van der Waals surface area contributed by atoms with Gasteiger partial charge in [-0.15, -0.1) is 0 Å². The molecule has 0 atom stereocenters. The largest absolute Gasteiger partial charge is 0.342 e. The molecule has 1 heterocycles. The van der Waals surface area contributed by atoms with Crippen LogP contribution in [0, 0.1) is 5.82 Å². The highest BCUT2D eigenvalue weighted by atomic mass is 35.7. The molecular formula is C15H11ClFNO2S. The second kappa shape index (κ2) is 5.16. The molecule has 6 heteroatoms. The molecule has 3 aromatic rings. The highest BCUT2D eigenvalue weighted by Crippen LogP contribution is 2.30. The molecule has 0 radical (unpaired) electrons. The normalized spacial score (nSPS) is 11.9. The Balaban J connectivity index is 2.23. The third kappa shape index (κ3) is 2.66. The molecule has 0 spiro atoms. The maximum Gasteiger partial charge on any atom is 0.263 e. The summed E-state index contributed by atoms with van der Waals surface area (Å²) in [6, 6.07) is 13.9. The average molecular weight is 324 g/mol. The summed E-state index contributed by atoms with van der Waals surface area (Å²) in [5.41, 5.74) is 1.48. The lowest BCUT2D eigenvalue weighted by molar-refractivity contribution is 0.607. The van der Waals surface area contributed by atoms with E-state index in [1.807, 2.05) is 30.3 Å². The van der Waals surface area contributed by atoms with Gasteiger partial charge in [-0.05, 0) is 17.7 Å². The van der Waals surface area contributed by atoms with E-state index in [4.69, 9.17) is 10.7 Å². The van der Waals surface area contributed by atoms with Crippen LogP contribution in [0.2, 0.25) is 0 Å². The molecule has 0 aliphatic rings. The number of hydrogen-bond donors (Lipinski definition) is 0. The van der Waals surface area contributed by atoms with Crippen LogP contribution in [-0.4, -0.2) is 13.0 Å². The number of fused-ring (bicyclic) bond motifs is 1. The van der Waals surface area contributed by atoms with E-state index in [1.165, 1.54) is 12.3 Å². The molecule has 21 heavy (non-hydrogen) atoms. The van der Waals surface area contributed by atoms with E-state index >= 15 is 0 Å². The second-order valence-electron chi connectivity index (χ2n) is 4.68. The maximum atomic E-state index is 14.0. The third-order valence-electron chi connectivity index (χ3n) is 3.28. The van der Waals surface area contributed by atoms with Crippen molar-refractivity contribution in [2.24, 2.45) is 0 Å². The summed E-state index contributed by atoms with van der Waals surface area (Å²) < 4.78 is 39.0. The lowest BCUT2D eigenvalue weighted by atomic mass is 10.2. The Hall–Kier alpha value is -1.85. The van der Waals surface area contributed by atoms with E-state index in [0.29, 0.717) is 12.1 Å². The average Bonchev–Trinajstić information content (AvgIpc) is 2.80. The van der Waals surface area contributed by atoms with Crippen LogP contribution in [0.15, 0.2) is 59.6 Å². The molecule has 108 valence electrons. The lowest BCUT2D eigenvalue weighted by Gasteiger charge is -2.05. The Morgan fingerprint density at radius 3 is 2.43 bits per heavy atom. The lowest BCUT2D eigenvalue weighted by Crippen LogP contribution is -1.97. The van der Waals surface area contributed by atoms with Gasteiger partial charge in [-0.1, -0.05) is 36.4 Å². The smallest absolute Gasteiger partial charge is 0.263 e. The summed E-state index contributed by atoms with van der Waals surface area (Å²) in [4.78, 5) is -0.201. The van der Waals surface area contributed by atoms with Gasteiger partial charge in [0.15, 0.2) is 0 Å². The summed E-state index contributed by atoms with van der Waals surface area (Å²) in [5.74, 6) is -0.599. The van der Waals surface area contributed by atoms with Gasteiger partial charge in [0, 0.05) is 23.4 Å². The van der Waals surface area contributed by atoms with Crippen LogP contribution in [0.3, 0.4) is 0 Å². The Morgan fingerprint density at radius 1 is 1.05 bits per heavy atom. The summed E-state index contributed by atoms with van der Waals surface area (Å²) >= 11 is 0. The first-order valence-corrected chi connectivity index (χ1v) is 8.54. The SMILES string of the molecule is O=S(=O)(Cl)c1cn(Cc2ccccc2)c2cccc(F)c12. The van der Waals surface area contributed by atoms with Crippen LogP contribution in [0.25, 0.3) is 10.9 Å². The van der Waals surface area contributed by atoms with Gasteiger partial charge in [-0.3, -0.25) is 0 Å². The molecule has 0 bridgehead atoms. The Bertz CT molecular complexity index is 904. The predicted molar refractivity (Wildman–Crippen MR) is 80.5 cm³/mol. The van der Waals surface area contributed by atoms with Crippen LogP contribution in [0.5, 0.6) is 0 Å². The molecule has 1 aromatic heterocycles. The molecule has 0 unspecified atom stereocenters. The molecule has 3 nitrogen and oxygen atoms in total. The summed E-state index contributed by atoms with van der Waals surface area (Å²) in [5, 5.41) is 0.0310. The Morgan fingerprint density at radius 2 is 1.76 bits per heavy atom. The summed E-state index contributed by atoms with van der Waals surface area (Å²) in [6.07, 6.45) is 1.38. The van der Waals surface area contributed by atoms with Crippen LogP contribution < -0.4 is 0 Å². The molecule has 3 rings (SSSR count). The second-order valence-corrected chi connectivity index (χ2v) is 7.21. The number of rotatable bonds is 3. The molecule has 0 aliphatic heterocycles.